The number of hydrogen-bond acceptors (Lipinski definition) is 5. The number of rotatable bonds is 2. The van der Waals surface area contributed by atoms with Crippen LogP contribution in [0.5, 0.6) is 0 Å². The number of benzene rings is 1. The van der Waals surface area contributed by atoms with Crippen molar-refractivity contribution in [1.82, 2.24) is 15.1 Å². The van der Waals surface area contributed by atoms with Crippen molar-refractivity contribution in [3.05, 3.63) is 51.6 Å². The number of hydrogen-bond donors (Lipinski definition) is 2. The Kier molecular flexibility index (Phi) is 3.85. The lowest BCUT2D eigenvalue weighted by Gasteiger charge is -2.28. The van der Waals surface area contributed by atoms with Crippen molar-refractivity contribution in [2.24, 2.45) is 5.84 Å². The minimum Gasteiger partial charge on any atom is -0.334 e. The third kappa shape index (κ3) is 2.88. The zero-order valence-corrected chi connectivity index (χ0v) is 12.8. The molecule has 108 valence electrons. The van der Waals surface area contributed by atoms with Gasteiger partial charge in [-0.1, -0.05) is 15.9 Å². The van der Waals surface area contributed by atoms with Gasteiger partial charge in [-0.3, -0.25) is 4.79 Å². The van der Waals surface area contributed by atoms with Crippen LogP contribution in [0.15, 0.2) is 34.8 Å². The summed E-state index contributed by atoms with van der Waals surface area (Å²) >= 11 is 3.37. The zero-order chi connectivity index (χ0) is 14.8. The lowest BCUT2D eigenvalue weighted by molar-refractivity contribution is 0.0733. The van der Waals surface area contributed by atoms with Gasteiger partial charge in [-0.2, -0.15) is 5.10 Å². The highest BCUT2D eigenvalue weighted by Crippen LogP contribution is 2.21. The molecule has 0 saturated carbocycles. The van der Waals surface area contributed by atoms with Crippen molar-refractivity contribution in [3.63, 3.8) is 0 Å². The Labute approximate surface area is 130 Å². The first kappa shape index (κ1) is 14.0. The first-order chi connectivity index (χ1) is 10.2. The van der Waals surface area contributed by atoms with Crippen LogP contribution in [0, 0.1) is 0 Å². The van der Waals surface area contributed by atoms with Crippen molar-refractivity contribution in [2.75, 3.05) is 12.0 Å². The minimum absolute atomic E-state index is 0.0206. The van der Waals surface area contributed by atoms with E-state index in [4.69, 9.17) is 5.84 Å². The monoisotopic (exact) mass is 347 g/mol. The summed E-state index contributed by atoms with van der Waals surface area (Å²) in [4.78, 5) is 14.3. The van der Waals surface area contributed by atoms with E-state index in [0.29, 0.717) is 30.9 Å². The topological polar surface area (TPSA) is 84.1 Å². The Morgan fingerprint density at radius 1 is 1.29 bits per heavy atom. The first-order valence-electron chi connectivity index (χ1n) is 6.54. The van der Waals surface area contributed by atoms with E-state index in [0.717, 1.165) is 15.7 Å². The molecule has 1 aliphatic heterocycles. The van der Waals surface area contributed by atoms with E-state index in [-0.39, 0.29) is 5.91 Å². The SMILES string of the molecule is NNc1cc2c(nn1)CCN(C(=O)c1ccc(Br)cc1)C2. The van der Waals surface area contributed by atoms with E-state index in [2.05, 4.69) is 31.6 Å². The summed E-state index contributed by atoms with van der Waals surface area (Å²) in [6.45, 7) is 1.17. The molecule has 21 heavy (non-hydrogen) atoms. The molecule has 3 rings (SSSR count). The minimum atomic E-state index is 0.0206. The third-order valence-corrected chi connectivity index (χ3v) is 3.99. The number of nitrogen functional groups attached to an aromatic ring is 1. The lowest BCUT2D eigenvalue weighted by Crippen LogP contribution is -2.36. The van der Waals surface area contributed by atoms with Crippen LogP contribution in [0.25, 0.3) is 0 Å². The molecule has 1 aromatic heterocycles. The number of hydrazine groups is 1. The summed E-state index contributed by atoms with van der Waals surface area (Å²) < 4.78 is 0.956. The highest BCUT2D eigenvalue weighted by molar-refractivity contribution is 9.10. The van der Waals surface area contributed by atoms with Gasteiger partial charge >= 0.3 is 0 Å². The third-order valence-electron chi connectivity index (χ3n) is 3.47. The number of carbonyl (C=O) groups excluding carboxylic acids is 1. The average Bonchev–Trinajstić information content (AvgIpc) is 2.53. The molecule has 0 unspecified atom stereocenters. The fourth-order valence-corrected chi connectivity index (χ4v) is 2.61. The highest BCUT2D eigenvalue weighted by atomic mass is 79.9. The van der Waals surface area contributed by atoms with Crippen molar-refractivity contribution in [3.8, 4) is 0 Å². The van der Waals surface area contributed by atoms with Crippen LogP contribution < -0.4 is 11.3 Å². The fraction of sp³-hybridized carbons (Fsp3) is 0.214. The number of nitrogens with zero attached hydrogens (tertiary/aromatic N) is 3. The first-order valence-corrected chi connectivity index (χ1v) is 7.33. The van der Waals surface area contributed by atoms with Crippen LogP contribution in [-0.2, 0) is 13.0 Å². The van der Waals surface area contributed by atoms with Crippen LogP contribution in [0.2, 0.25) is 0 Å². The van der Waals surface area contributed by atoms with Gasteiger partial charge in [0.05, 0.1) is 5.69 Å². The molecule has 2 heterocycles. The van der Waals surface area contributed by atoms with Crippen LogP contribution in [0.1, 0.15) is 21.6 Å². The fourth-order valence-electron chi connectivity index (χ4n) is 2.35. The maximum atomic E-state index is 12.5. The van der Waals surface area contributed by atoms with Gasteiger partial charge in [-0.25, -0.2) is 5.84 Å². The van der Waals surface area contributed by atoms with Crippen LogP contribution >= 0.6 is 15.9 Å². The molecule has 1 amide bonds. The predicted molar refractivity (Wildman–Crippen MR) is 82.4 cm³/mol. The summed E-state index contributed by atoms with van der Waals surface area (Å²) in [5, 5.41) is 8.09. The van der Waals surface area contributed by atoms with Gasteiger partial charge in [0.25, 0.3) is 5.91 Å². The van der Waals surface area contributed by atoms with E-state index in [1.54, 1.807) is 0 Å². The van der Waals surface area contributed by atoms with E-state index < -0.39 is 0 Å². The van der Waals surface area contributed by atoms with Crippen LogP contribution in [-0.4, -0.2) is 27.5 Å². The second-order valence-electron chi connectivity index (χ2n) is 4.83. The molecule has 3 N–H and O–H groups in total. The average molecular weight is 348 g/mol. The van der Waals surface area contributed by atoms with Crippen molar-refractivity contribution < 1.29 is 4.79 Å². The second-order valence-corrected chi connectivity index (χ2v) is 5.75. The van der Waals surface area contributed by atoms with Gasteiger partial charge in [0.15, 0.2) is 5.82 Å². The van der Waals surface area contributed by atoms with Crippen molar-refractivity contribution in [2.45, 2.75) is 13.0 Å². The predicted octanol–water partition coefficient (Wildman–Crippen LogP) is 1.72. The summed E-state index contributed by atoms with van der Waals surface area (Å²) in [6, 6.07) is 9.21. The molecule has 0 fully saturated rings. The Morgan fingerprint density at radius 3 is 2.76 bits per heavy atom. The molecule has 7 heteroatoms. The Balaban J connectivity index is 1.81. The van der Waals surface area contributed by atoms with Gasteiger partial charge in [0, 0.05) is 29.5 Å². The molecule has 1 aromatic carbocycles. The lowest BCUT2D eigenvalue weighted by atomic mass is 10.1. The Hall–Kier alpha value is -1.99. The highest BCUT2D eigenvalue weighted by Gasteiger charge is 2.23. The standard InChI is InChI=1S/C14H14BrN5O/c15-11-3-1-9(2-4-11)14(21)20-6-5-12-10(8-20)7-13(17-16)19-18-12/h1-4,7H,5-6,8,16H2,(H,17,19). The molecule has 1 aliphatic rings. The zero-order valence-electron chi connectivity index (χ0n) is 11.2. The summed E-state index contributed by atoms with van der Waals surface area (Å²) in [5.41, 5.74) is 5.06. The number of fused-ring (bicyclic) bond motifs is 1. The molecule has 6 nitrogen and oxygen atoms in total. The largest absolute Gasteiger partial charge is 0.334 e. The number of amides is 1. The molecule has 0 radical (unpaired) electrons. The van der Waals surface area contributed by atoms with E-state index >= 15 is 0 Å². The number of carbonyl (C=O) groups is 1. The normalized spacial score (nSPS) is 13.7. The summed E-state index contributed by atoms with van der Waals surface area (Å²) in [6.07, 6.45) is 0.704. The molecular weight excluding hydrogens is 334 g/mol. The molecule has 0 saturated heterocycles. The van der Waals surface area contributed by atoms with Gasteiger partial charge in [0.2, 0.25) is 0 Å². The number of aromatic nitrogens is 2. The Bertz CT molecular complexity index is 674. The molecule has 0 atom stereocenters. The van der Waals surface area contributed by atoms with E-state index in [9.17, 15) is 4.79 Å². The van der Waals surface area contributed by atoms with Gasteiger partial charge in [0.1, 0.15) is 0 Å². The smallest absolute Gasteiger partial charge is 0.254 e. The van der Waals surface area contributed by atoms with Crippen LogP contribution in [0.4, 0.5) is 5.82 Å². The van der Waals surface area contributed by atoms with Crippen LogP contribution in [0.3, 0.4) is 0 Å². The number of halogens is 1. The molecular formula is C14H14BrN5O. The summed E-state index contributed by atoms with van der Waals surface area (Å²) in [7, 11) is 0. The van der Waals surface area contributed by atoms with Crippen molar-refractivity contribution in [1.29, 1.82) is 0 Å². The molecule has 0 bridgehead atoms. The molecule has 2 aromatic rings. The molecule has 0 spiro atoms. The summed E-state index contributed by atoms with van der Waals surface area (Å²) in [5.74, 6) is 5.87. The quantitative estimate of drug-likeness (QED) is 0.638. The second kappa shape index (κ2) is 5.79. The van der Waals surface area contributed by atoms with Gasteiger partial charge in [-0.05, 0) is 35.9 Å². The maximum Gasteiger partial charge on any atom is 0.254 e. The van der Waals surface area contributed by atoms with E-state index in [1.165, 1.54) is 0 Å². The number of nitrogens with one attached hydrogen (secondary N) is 1. The molecule has 0 aliphatic carbocycles. The van der Waals surface area contributed by atoms with E-state index in [1.807, 2.05) is 35.2 Å². The number of nitrogens with two attached hydrogens (primary N) is 1. The van der Waals surface area contributed by atoms with Crippen molar-refractivity contribution >= 4 is 27.7 Å². The van der Waals surface area contributed by atoms with Gasteiger partial charge in [-0.15, -0.1) is 5.10 Å². The number of anilines is 1. The van der Waals surface area contributed by atoms with Gasteiger partial charge < -0.3 is 10.3 Å². The maximum absolute atomic E-state index is 12.5. The Morgan fingerprint density at radius 2 is 2.05 bits per heavy atom.